The zero-order valence-corrected chi connectivity index (χ0v) is 12.3. The molecule has 5 heteroatoms. The van der Waals surface area contributed by atoms with Crippen LogP contribution in [0.1, 0.15) is 11.1 Å². The number of phenolic OH excluding ortho intramolecular Hbond substituents is 1. The van der Waals surface area contributed by atoms with Crippen molar-refractivity contribution in [2.75, 3.05) is 6.61 Å². The Labute approximate surface area is 133 Å². The van der Waals surface area contributed by atoms with Crippen molar-refractivity contribution in [1.82, 2.24) is 0 Å². The van der Waals surface area contributed by atoms with Crippen molar-refractivity contribution in [3.05, 3.63) is 76.7 Å². The van der Waals surface area contributed by atoms with Gasteiger partial charge < -0.3 is 9.84 Å². The third-order valence-electron chi connectivity index (χ3n) is 2.94. The van der Waals surface area contributed by atoms with E-state index in [1.54, 1.807) is 66.8 Å². The molecule has 0 aliphatic carbocycles. The molecule has 0 heterocycles. The minimum absolute atomic E-state index is 0.145. The first kappa shape index (κ1) is 16.2. The summed E-state index contributed by atoms with van der Waals surface area (Å²) < 4.78 is 5.02. The number of ether oxygens (including phenoxy) is 1. The number of carbonyl (C=O) groups excluding carboxylic acids is 1. The van der Waals surface area contributed by atoms with Gasteiger partial charge in [0.05, 0.1) is 0 Å². The third kappa shape index (κ3) is 5.59. The number of aromatic hydroxyl groups is 1. The molecule has 0 aliphatic heterocycles. The lowest BCUT2D eigenvalue weighted by atomic mass is 10.2. The van der Waals surface area contributed by atoms with E-state index < -0.39 is 5.97 Å². The lowest BCUT2D eigenvalue weighted by molar-refractivity contribution is -0.136. The normalized spacial score (nSPS) is 11.0. The monoisotopic (exact) mass is 309 g/mol. The van der Waals surface area contributed by atoms with Crippen LogP contribution in [0.25, 0.3) is 12.2 Å². The number of hydrogen-bond donors (Lipinski definition) is 1. The van der Waals surface area contributed by atoms with Crippen molar-refractivity contribution in [3.63, 3.8) is 0 Å². The average Bonchev–Trinajstić information content (AvgIpc) is 2.59. The fourth-order valence-electron chi connectivity index (χ4n) is 1.76. The van der Waals surface area contributed by atoms with Crippen molar-refractivity contribution in [2.45, 2.75) is 0 Å². The maximum absolute atomic E-state index is 11.5. The van der Waals surface area contributed by atoms with E-state index >= 15 is 0 Å². The molecule has 0 amide bonds. The predicted molar refractivity (Wildman–Crippen MR) is 89.0 cm³/mol. The van der Waals surface area contributed by atoms with Gasteiger partial charge in [0.25, 0.3) is 0 Å². The van der Waals surface area contributed by atoms with Crippen molar-refractivity contribution in [3.8, 4) is 5.75 Å². The Balaban J connectivity index is 1.78. The lowest BCUT2D eigenvalue weighted by Crippen LogP contribution is -1.99. The lowest BCUT2D eigenvalue weighted by Gasteiger charge is -1.98. The Morgan fingerprint density at radius 1 is 1.00 bits per heavy atom. The Morgan fingerprint density at radius 3 is 2.26 bits per heavy atom. The summed E-state index contributed by atoms with van der Waals surface area (Å²) in [6.45, 7) is 0.145. The van der Waals surface area contributed by atoms with Crippen LogP contribution >= 0.6 is 0 Å². The number of nitrogens with zero attached hydrogens (tertiary/aromatic N) is 1. The van der Waals surface area contributed by atoms with Gasteiger partial charge in [0, 0.05) is 6.08 Å². The molecular formula is C18H15NO4. The van der Waals surface area contributed by atoms with Crippen LogP contribution in [-0.2, 0) is 9.53 Å². The number of esters is 1. The predicted octanol–water partition coefficient (Wildman–Crippen LogP) is 4.06. The number of phenols is 1. The fourth-order valence-corrected chi connectivity index (χ4v) is 1.76. The number of rotatable bonds is 6. The summed E-state index contributed by atoms with van der Waals surface area (Å²) in [7, 11) is 0. The average molecular weight is 309 g/mol. The molecule has 0 aromatic heterocycles. The number of hydrogen-bond acceptors (Lipinski definition) is 5. The zero-order chi connectivity index (χ0) is 16.5. The van der Waals surface area contributed by atoms with Crippen LogP contribution in [0.3, 0.4) is 0 Å². The molecule has 0 unspecified atom stereocenters. The van der Waals surface area contributed by atoms with Gasteiger partial charge >= 0.3 is 5.97 Å². The zero-order valence-electron chi connectivity index (χ0n) is 12.3. The van der Waals surface area contributed by atoms with Gasteiger partial charge in [0.2, 0.25) is 0 Å². The van der Waals surface area contributed by atoms with E-state index in [9.17, 15) is 9.70 Å². The summed E-state index contributed by atoms with van der Waals surface area (Å²) in [6, 6.07) is 13.2. The molecule has 23 heavy (non-hydrogen) atoms. The standard InChI is InChI=1S/C18H15NO4/c20-17-10-5-15(6-11-17)7-12-18(21)23-13-1-2-14-3-8-16(19-22)9-4-14/h1-12,20H,13H2. The Bertz CT molecular complexity index is 716. The van der Waals surface area contributed by atoms with Gasteiger partial charge in [-0.15, -0.1) is 4.91 Å². The SMILES string of the molecule is O=Nc1ccc(C=CCOC(=O)C=Cc2ccc(O)cc2)cc1. The van der Waals surface area contributed by atoms with Crippen LogP contribution in [-0.4, -0.2) is 17.7 Å². The molecule has 5 nitrogen and oxygen atoms in total. The van der Waals surface area contributed by atoms with Crippen LogP contribution in [0, 0.1) is 4.91 Å². The summed E-state index contributed by atoms with van der Waals surface area (Å²) in [5, 5.41) is 12.0. The van der Waals surface area contributed by atoms with Crippen LogP contribution in [0.2, 0.25) is 0 Å². The first-order valence-electron chi connectivity index (χ1n) is 6.91. The van der Waals surface area contributed by atoms with Gasteiger partial charge in [0.15, 0.2) is 0 Å². The summed E-state index contributed by atoms with van der Waals surface area (Å²) in [6.07, 6.45) is 6.42. The molecule has 116 valence electrons. The van der Waals surface area contributed by atoms with Crippen molar-refractivity contribution >= 4 is 23.8 Å². The largest absolute Gasteiger partial charge is 0.508 e. The Kier molecular flexibility index (Phi) is 5.82. The van der Waals surface area contributed by atoms with Gasteiger partial charge in [-0.05, 0) is 52.7 Å². The van der Waals surface area contributed by atoms with Crippen LogP contribution in [0.15, 0.2) is 65.9 Å². The second-order valence-electron chi connectivity index (χ2n) is 4.64. The molecule has 0 radical (unpaired) electrons. The van der Waals surface area contributed by atoms with Gasteiger partial charge in [-0.3, -0.25) is 0 Å². The second-order valence-corrected chi connectivity index (χ2v) is 4.64. The van der Waals surface area contributed by atoms with Gasteiger partial charge in [0.1, 0.15) is 18.0 Å². The van der Waals surface area contributed by atoms with E-state index in [1.807, 2.05) is 0 Å². The molecule has 0 spiro atoms. The Hall–Kier alpha value is -3.21. The highest BCUT2D eigenvalue weighted by molar-refractivity contribution is 5.87. The highest BCUT2D eigenvalue weighted by atomic mass is 16.5. The van der Waals surface area contributed by atoms with E-state index in [0.717, 1.165) is 11.1 Å². The van der Waals surface area contributed by atoms with Crippen molar-refractivity contribution < 1.29 is 14.6 Å². The first-order chi connectivity index (χ1) is 11.2. The highest BCUT2D eigenvalue weighted by Crippen LogP contribution is 2.13. The molecule has 0 saturated carbocycles. The summed E-state index contributed by atoms with van der Waals surface area (Å²) in [4.78, 5) is 21.8. The van der Waals surface area contributed by atoms with Gasteiger partial charge in [-0.1, -0.05) is 30.3 Å². The van der Waals surface area contributed by atoms with Crippen LogP contribution < -0.4 is 0 Å². The molecular weight excluding hydrogens is 294 g/mol. The number of carbonyl (C=O) groups is 1. The molecule has 2 rings (SSSR count). The van der Waals surface area contributed by atoms with E-state index in [1.165, 1.54) is 6.08 Å². The first-order valence-corrected chi connectivity index (χ1v) is 6.91. The minimum Gasteiger partial charge on any atom is -0.508 e. The van der Waals surface area contributed by atoms with Gasteiger partial charge in [-0.2, -0.15) is 0 Å². The molecule has 2 aromatic carbocycles. The van der Waals surface area contributed by atoms with Crippen LogP contribution in [0.4, 0.5) is 5.69 Å². The van der Waals surface area contributed by atoms with Gasteiger partial charge in [-0.25, -0.2) is 4.79 Å². The molecule has 0 aliphatic rings. The molecule has 2 aromatic rings. The Morgan fingerprint density at radius 2 is 1.61 bits per heavy atom. The molecule has 0 fully saturated rings. The molecule has 1 N–H and O–H groups in total. The van der Waals surface area contributed by atoms with Crippen molar-refractivity contribution in [1.29, 1.82) is 0 Å². The topological polar surface area (TPSA) is 76.0 Å². The van der Waals surface area contributed by atoms with E-state index in [0.29, 0.717) is 5.69 Å². The third-order valence-corrected chi connectivity index (χ3v) is 2.94. The van der Waals surface area contributed by atoms with E-state index in [2.05, 4.69) is 5.18 Å². The number of benzene rings is 2. The highest BCUT2D eigenvalue weighted by Gasteiger charge is 1.95. The van der Waals surface area contributed by atoms with E-state index in [4.69, 9.17) is 9.84 Å². The fraction of sp³-hybridized carbons (Fsp3) is 0.0556. The molecule has 0 bridgehead atoms. The summed E-state index contributed by atoms with van der Waals surface area (Å²) in [5.41, 5.74) is 2.04. The van der Waals surface area contributed by atoms with E-state index in [-0.39, 0.29) is 12.4 Å². The summed E-state index contributed by atoms with van der Waals surface area (Å²) >= 11 is 0. The molecule has 0 saturated heterocycles. The van der Waals surface area contributed by atoms with Crippen molar-refractivity contribution in [2.24, 2.45) is 5.18 Å². The quantitative estimate of drug-likeness (QED) is 0.496. The minimum atomic E-state index is -0.455. The maximum atomic E-state index is 11.5. The maximum Gasteiger partial charge on any atom is 0.331 e. The second kappa shape index (κ2) is 8.29. The number of nitroso groups, excluding NO2 is 1. The summed E-state index contributed by atoms with van der Waals surface area (Å²) in [5.74, 6) is -0.282. The smallest absolute Gasteiger partial charge is 0.331 e. The van der Waals surface area contributed by atoms with Crippen LogP contribution in [0.5, 0.6) is 5.75 Å². The molecule has 0 atom stereocenters.